The SMILES string of the molecule is C#CC1C=CP(=O)(OC)N1C. The molecule has 1 aliphatic rings. The maximum Gasteiger partial charge on any atom is 0.295 e. The number of likely N-dealkylation sites (N-methyl/N-ethyl adjacent to an activating group) is 1. The summed E-state index contributed by atoms with van der Waals surface area (Å²) in [6.07, 6.45) is 6.89. The predicted octanol–water partition coefficient (Wildman–Crippen LogP) is 1.29. The highest BCUT2D eigenvalue weighted by atomic mass is 31.2. The van der Waals surface area contributed by atoms with Crippen molar-refractivity contribution in [3.63, 3.8) is 0 Å². The molecule has 1 aliphatic heterocycles. The Morgan fingerprint density at radius 2 is 2.45 bits per heavy atom. The average Bonchev–Trinajstić information content (AvgIpc) is 2.31. The third-order valence-electron chi connectivity index (χ3n) is 1.73. The van der Waals surface area contributed by atoms with Crippen LogP contribution in [0.1, 0.15) is 0 Å². The van der Waals surface area contributed by atoms with E-state index < -0.39 is 7.52 Å². The minimum absolute atomic E-state index is 0.194. The van der Waals surface area contributed by atoms with Gasteiger partial charge in [-0.1, -0.05) is 5.92 Å². The Balaban J connectivity index is 2.89. The Labute approximate surface area is 66.5 Å². The number of terminal acetylenes is 1. The Hall–Kier alpha value is -0.550. The van der Waals surface area contributed by atoms with Gasteiger partial charge in [-0.3, -0.25) is 4.57 Å². The van der Waals surface area contributed by atoms with Crippen molar-refractivity contribution < 1.29 is 9.09 Å². The van der Waals surface area contributed by atoms with Crippen LogP contribution in [0.5, 0.6) is 0 Å². The van der Waals surface area contributed by atoms with Crippen LogP contribution >= 0.6 is 7.52 Å². The smallest absolute Gasteiger partial charge is 0.295 e. The first-order chi connectivity index (χ1) is 5.14. The van der Waals surface area contributed by atoms with E-state index in [1.165, 1.54) is 12.9 Å². The van der Waals surface area contributed by atoms with Gasteiger partial charge in [0.2, 0.25) is 0 Å². The van der Waals surface area contributed by atoms with Gasteiger partial charge in [-0.2, -0.15) is 0 Å². The van der Waals surface area contributed by atoms with Gasteiger partial charge in [0.05, 0.1) is 6.04 Å². The van der Waals surface area contributed by atoms with Crippen molar-refractivity contribution in [3.05, 3.63) is 11.9 Å². The zero-order chi connectivity index (χ0) is 8.48. The zero-order valence-electron chi connectivity index (χ0n) is 6.52. The zero-order valence-corrected chi connectivity index (χ0v) is 7.41. The number of rotatable bonds is 1. The first-order valence-electron chi connectivity index (χ1n) is 3.18. The molecule has 0 saturated carbocycles. The fourth-order valence-corrected chi connectivity index (χ4v) is 2.41. The molecule has 0 aromatic rings. The molecule has 4 heteroatoms. The summed E-state index contributed by atoms with van der Waals surface area (Å²) in [4.78, 5) is 0. The highest BCUT2D eigenvalue weighted by Gasteiger charge is 2.33. The first-order valence-corrected chi connectivity index (χ1v) is 4.83. The van der Waals surface area contributed by atoms with E-state index in [1.807, 2.05) is 0 Å². The molecule has 1 heterocycles. The highest BCUT2D eigenvalue weighted by Crippen LogP contribution is 2.55. The predicted molar refractivity (Wildman–Crippen MR) is 44.1 cm³/mol. The molecule has 0 aromatic heterocycles. The molecule has 0 saturated heterocycles. The number of nitrogens with zero attached hydrogens (tertiary/aromatic N) is 1. The van der Waals surface area contributed by atoms with Gasteiger partial charge in [0.1, 0.15) is 0 Å². The van der Waals surface area contributed by atoms with E-state index in [0.717, 1.165) is 0 Å². The fraction of sp³-hybridized carbons (Fsp3) is 0.429. The van der Waals surface area contributed by atoms with Crippen molar-refractivity contribution in [2.75, 3.05) is 14.2 Å². The van der Waals surface area contributed by atoms with Gasteiger partial charge in [0, 0.05) is 12.9 Å². The van der Waals surface area contributed by atoms with Gasteiger partial charge in [-0.15, -0.1) is 6.42 Å². The normalized spacial score (nSPS) is 37.4. The molecular weight excluding hydrogens is 161 g/mol. The molecule has 0 aromatic carbocycles. The van der Waals surface area contributed by atoms with Crippen molar-refractivity contribution in [2.24, 2.45) is 0 Å². The van der Waals surface area contributed by atoms with Crippen LogP contribution < -0.4 is 0 Å². The lowest BCUT2D eigenvalue weighted by Crippen LogP contribution is -2.20. The lowest BCUT2D eigenvalue weighted by atomic mass is 10.3. The van der Waals surface area contributed by atoms with Crippen LogP contribution in [0.4, 0.5) is 0 Å². The van der Waals surface area contributed by atoms with Crippen molar-refractivity contribution in [2.45, 2.75) is 6.04 Å². The van der Waals surface area contributed by atoms with E-state index in [-0.39, 0.29) is 6.04 Å². The topological polar surface area (TPSA) is 29.5 Å². The molecule has 11 heavy (non-hydrogen) atoms. The molecule has 0 radical (unpaired) electrons. The van der Waals surface area contributed by atoms with Crippen LogP contribution in [-0.2, 0) is 9.09 Å². The first kappa shape index (κ1) is 8.55. The molecule has 3 nitrogen and oxygen atoms in total. The van der Waals surface area contributed by atoms with Crippen molar-refractivity contribution >= 4 is 7.52 Å². The number of hydrogen-bond acceptors (Lipinski definition) is 2. The Kier molecular flexibility index (Phi) is 2.20. The lowest BCUT2D eigenvalue weighted by Gasteiger charge is -2.20. The van der Waals surface area contributed by atoms with Crippen LogP contribution in [0.3, 0.4) is 0 Å². The third kappa shape index (κ3) is 1.25. The minimum atomic E-state index is -2.70. The summed E-state index contributed by atoms with van der Waals surface area (Å²) < 4.78 is 18.0. The summed E-state index contributed by atoms with van der Waals surface area (Å²) in [6, 6.07) is -0.194. The molecule has 0 aliphatic carbocycles. The van der Waals surface area contributed by atoms with Gasteiger partial charge >= 0.3 is 0 Å². The van der Waals surface area contributed by atoms with E-state index in [0.29, 0.717) is 0 Å². The fourth-order valence-electron chi connectivity index (χ4n) is 0.946. The van der Waals surface area contributed by atoms with Crippen molar-refractivity contribution in [3.8, 4) is 12.3 Å². The maximum absolute atomic E-state index is 11.6. The molecule has 0 spiro atoms. The molecule has 0 fully saturated rings. The van der Waals surface area contributed by atoms with E-state index in [2.05, 4.69) is 5.92 Å². The minimum Gasteiger partial charge on any atom is -0.318 e. The van der Waals surface area contributed by atoms with E-state index in [1.54, 1.807) is 17.8 Å². The van der Waals surface area contributed by atoms with Gasteiger partial charge < -0.3 is 4.52 Å². The summed E-state index contributed by atoms with van der Waals surface area (Å²) in [6.45, 7) is 0. The van der Waals surface area contributed by atoms with Crippen molar-refractivity contribution in [1.29, 1.82) is 0 Å². The summed E-state index contributed by atoms with van der Waals surface area (Å²) >= 11 is 0. The molecule has 0 N–H and O–H groups in total. The lowest BCUT2D eigenvalue weighted by molar-refractivity contribution is 0.341. The molecule has 2 atom stereocenters. The Bertz CT molecular complexity index is 266. The maximum atomic E-state index is 11.6. The second kappa shape index (κ2) is 2.83. The largest absolute Gasteiger partial charge is 0.318 e. The van der Waals surface area contributed by atoms with Crippen LogP contribution in [0.15, 0.2) is 11.9 Å². The van der Waals surface area contributed by atoms with Crippen LogP contribution in [0.2, 0.25) is 0 Å². The van der Waals surface area contributed by atoms with Crippen LogP contribution in [0.25, 0.3) is 0 Å². The quantitative estimate of drug-likeness (QED) is 0.439. The number of hydrogen-bond donors (Lipinski definition) is 0. The molecule has 2 unspecified atom stereocenters. The molecule has 0 bridgehead atoms. The molecule has 60 valence electrons. The van der Waals surface area contributed by atoms with E-state index in [9.17, 15) is 4.57 Å². The Morgan fingerprint density at radius 1 is 1.82 bits per heavy atom. The summed E-state index contributed by atoms with van der Waals surface area (Å²) in [5.41, 5.74) is 0. The summed E-state index contributed by atoms with van der Waals surface area (Å²) in [5, 5.41) is 0. The monoisotopic (exact) mass is 171 g/mol. The van der Waals surface area contributed by atoms with Crippen molar-refractivity contribution in [1.82, 2.24) is 4.67 Å². The van der Waals surface area contributed by atoms with Gasteiger partial charge in [0.15, 0.2) is 0 Å². The average molecular weight is 171 g/mol. The van der Waals surface area contributed by atoms with Crippen LogP contribution in [0, 0.1) is 12.3 Å². The van der Waals surface area contributed by atoms with E-state index >= 15 is 0 Å². The summed E-state index contributed by atoms with van der Waals surface area (Å²) in [7, 11) is 0.402. The Morgan fingerprint density at radius 3 is 2.73 bits per heavy atom. The standard InChI is InChI=1S/C7H10NO2P/c1-4-7-5-6-11(9,10-3)8(7)2/h1,5-7H,2-3H3. The molecular formula is C7H10NO2P. The summed E-state index contributed by atoms with van der Waals surface area (Å²) in [5.74, 6) is 4.03. The van der Waals surface area contributed by atoms with Gasteiger partial charge in [-0.05, 0) is 13.1 Å². The van der Waals surface area contributed by atoms with E-state index in [4.69, 9.17) is 10.9 Å². The second-order valence-corrected chi connectivity index (χ2v) is 4.70. The van der Waals surface area contributed by atoms with Gasteiger partial charge in [0.25, 0.3) is 7.52 Å². The third-order valence-corrected chi connectivity index (χ3v) is 3.93. The van der Waals surface area contributed by atoms with Gasteiger partial charge in [-0.25, -0.2) is 4.67 Å². The molecule has 0 amide bonds. The molecule has 1 rings (SSSR count). The highest BCUT2D eigenvalue weighted by molar-refractivity contribution is 7.60. The second-order valence-electron chi connectivity index (χ2n) is 2.27. The van der Waals surface area contributed by atoms with Crippen LogP contribution in [-0.4, -0.2) is 24.9 Å².